The molecule has 0 aliphatic heterocycles. The van der Waals surface area contributed by atoms with Crippen molar-refractivity contribution < 1.29 is 0 Å². The van der Waals surface area contributed by atoms with E-state index >= 15 is 0 Å². The van der Waals surface area contributed by atoms with E-state index in [1.54, 1.807) is 0 Å². The molecule has 2 aromatic heterocycles. The molecule has 4 nitrogen and oxygen atoms in total. The highest BCUT2D eigenvalue weighted by Crippen LogP contribution is 2.32. The summed E-state index contributed by atoms with van der Waals surface area (Å²) in [5.74, 6) is 2.61. The second kappa shape index (κ2) is 10.1. The number of hydrogen-bond donors (Lipinski definition) is 1. The van der Waals surface area contributed by atoms with Crippen LogP contribution in [0.3, 0.4) is 0 Å². The lowest BCUT2D eigenvalue weighted by Crippen LogP contribution is -2.23. The van der Waals surface area contributed by atoms with E-state index in [0.717, 1.165) is 65.9 Å². The number of aromatic amines is 1. The topological polar surface area (TPSA) is 44.8 Å². The summed E-state index contributed by atoms with van der Waals surface area (Å²) in [7, 11) is 0. The van der Waals surface area contributed by atoms with Crippen molar-refractivity contribution in [1.82, 2.24) is 15.0 Å². The summed E-state index contributed by atoms with van der Waals surface area (Å²) in [6, 6.07) is 29.4. The molecule has 5 aromatic rings. The number of benzene rings is 3. The van der Waals surface area contributed by atoms with Gasteiger partial charge in [0, 0.05) is 30.8 Å². The van der Waals surface area contributed by atoms with Gasteiger partial charge in [0.25, 0.3) is 0 Å². The van der Waals surface area contributed by atoms with Crippen LogP contribution in [-0.2, 0) is 19.5 Å². The number of nitrogens with one attached hydrogen (secondary N) is 1. The summed E-state index contributed by atoms with van der Waals surface area (Å²) >= 11 is 5.90. The van der Waals surface area contributed by atoms with Gasteiger partial charge in [-0.05, 0) is 30.0 Å². The molecule has 33 heavy (non-hydrogen) atoms. The van der Waals surface area contributed by atoms with Crippen LogP contribution in [0.4, 0.5) is 5.82 Å². The lowest BCUT2D eigenvalue weighted by atomic mass is 10.1. The number of nitrogens with zero attached hydrogens (tertiary/aromatic N) is 3. The van der Waals surface area contributed by atoms with Gasteiger partial charge in [-0.25, -0.2) is 9.97 Å². The molecule has 5 rings (SSSR count). The van der Waals surface area contributed by atoms with Crippen molar-refractivity contribution >= 4 is 39.4 Å². The maximum Gasteiger partial charge on any atom is 0.155 e. The largest absolute Gasteiger partial charge is 0.346 e. The van der Waals surface area contributed by atoms with Crippen molar-refractivity contribution in [1.29, 1.82) is 0 Å². The van der Waals surface area contributed by atoms with E-state index in [4.69, 9.17) is 21.6 Å². The first-order chi connectivity index (χ1) is 16.3. The zero-order chi connectivity index (χ0) is 22.5. The number of rotatable bonds is 9. The highest BCUT2D eigenvalue weighted by atomic mass is 35.5. The molecule has 1 N–H and O–H groups in total. The molecule has 3 aromatic carbocycles. The Hall–Kier alpha value is -3.37. The number of hydrogen-bond acceptors (Lipinski definition) is 3. The van der Waals surface area contributed by atoms with Crippen LogP contribution in [0.2, 0.25) is 0 Å². The van der Waals surface area contributed by atoms with Gasteiger partial charge in [-0.15, -0.1) is 11.6 Å². The molecule has 0 aliphatic rings. The van der Waals surface area contributed by atoms with Gasteiger partial charge in [0.1, 0.15) is 16.9 Å². The number of alkyl halides is 1. The van der Waals surface area contributed by atoms with Crippen LogP contribution >= 0.6 is 11.6 Å². The van der Waals surface area contributed by atoms with Crippen molar-refractivity contribution in [3.63, 3.8) is 0 Å². The summed E-state index contributed by atoms with van der Waals surface area (Å²) < 4.78 is 0. The molecule has 0 saturated heterocycles. The monoisotopic (exact) mass is 454 g/mol. The van der Waals surface area contributed by atoms with Crippen LogP contribution in [0, 0.1) is 0 Å². The number of fused-ring (bicyclic) bond motifs is 3. The van der Waals surface area contributed by atoms with E-state index in [1.807, 2.05) is 6.07 Å². The second-order valence-electron chi connectivity index (χ2n) is 8.33. The summed E-state index contributed by atoms with van der Waals surface area (Å²) in [6.07, 6.45) is 2.88. The van der Waals surface area contributed by atoms with Crippen molar-refractivity contribution in [2.45, 2.75) is 32.4 Å². The van der Waals surface area contributed by atoms with Crippen LogP contribution in [0.25, 0.3) is 21.9 Å². The van der Waals surface area contributed by atoms with Crippen molar-refractivity contribution in [3.8, 4) is 0 Å². The van der Waals surface area contributed by atoms with Crippen LogP contribution in [-0.4, -0.2) is 20.8 Å². The Morgan fingerprint density at radius 1 is 0.727 bits per heavy atom. The predicted molar refractivity (Wildman–Crippen MR) is 138 cm³/mol. The van der Waals surface area contributed by atoms with Gasteiger partial charge < -0.3 is 9.88 Å². The lowest BCUT2D eigenvalue weighted by Gasteiger charge is -2.25. The van der Waals surface area contributed by atoms with E-state index < -0.39 is 0 Å². The van der Waals surface area contributed by atoms with E-state index in [1.165, 1.54) is 11.1 Å². The fraction of sp³-hybridized carbons (Fsp3) is 0.214. The SMILES string of the molecule is ClCCCCc1nc2c([nH]1)c(N(Cc1ccccc1)Cc1ccccc1)nc1ccccc12. The van der Waals surface area contributed by atoms with Crippen LogP contribution < -0.4 is 4.90 Å². The molecule has 0 spiro atoms. The second-order valence-corrected chi connectivity index (χ2v) is 8.71. The number of aryl methyl sites for hydroxylation is 1. The fourth-order valence-electron chi connectivity index (χ4n) is 4.27. The molecular weight excluding hydrogens is 428 g/mol. The van der Waals surface area contributed by atoms with E-state index in [2.05, 4.69) is 88.7 Å². The third-order valence-corrected chi connectivity index (χ3v) is 6.16. The molecule has 166 valence electrons. The Morgan fingerprint density at radius 3 is 2.03 bits per heavy atom. The summed E-state index contributed by atoms with van der Waals surface area (Å²) in [4.78, 5) is 16.1. The molecule has 2 heterocycles. The molecule has 0 aliphatic carbocycles. The molecule has 5 heteroatoms. The molecule has 0 amide bonds. The standard InChI is InChI=1S/C28H27ClN4/c29-18-10-9-17-25-31-26-23-15-7-8-16-24(23)30-28(27(26)32-25)33(19-21-11-3-1-4-12-21)20-22-13-5-2-6-14-22/h1-8,11-16H,9-10,17-20H2,(H,31,32). The molecule has 0 radical (unpaired) electrons. The fourth-order valence-corrected chi connectivity index (χ4v) is 4.46. The predicted octanol–water partition coefficient (Wildman–Crippen LogP) is 6.88. The maximum atomic E-state index is 5.90. The van der Waals surface area contributed by atoms with E-state index in [-0.39, 0.29) is 0 Å². The molecule has 0 saturated carbocycles. The van der Waals surface area contributed by atoms with Crippen molar-refractivity contribution in [2.75, 3.05) is 10.8 Å². The van der Waals surface area contributed by atoms with Gasteiger partial charge in [-0.1, -0.05) is 78.9 Å². The number of imidazole rings is 1. The Balaban J connectivity index is 1.63. The number of unbranched alkanes of at least 4 members (excludes halogenated alkanes) is 1. The van der Waals surface area contributed by atoms with Gasteiger partial charge in [0.05, 0.1) is 5.52 Å². The smallest absolute Gasteiger partial charge is 0.155 e. The van der Waals surface area contributed by atoms with Crippen molar-refractivity contribution in [2.24, 2.45) is 0 Å². The summed E-state index contributed by atoms with van der Waals surface area (Å²) in [5, 5.41) is 1.08. The van der Waals surface area contributed by atoms with E-state index in [0.29, 0.717) is 5.88 Å². The minimum Gasteiger partial charge on any atom is -0.346 e. The first-order valence-electron chi connectivity index (χ1n) is 11.5. The third kappa shape index (κ3) is 4.86. The zero-order valence-corrected chi connectivity index (χ0v) is 19.3. The normalized spacial score (nSPS) is 11.3. The average Bonchev–Trinajstić information content (AvgIpc) is 3.29. The van der Waals surface area contributed by atoms with Gasteiger partial charge in [-0.2, -0.15) is 0 Å². The van der Waals surface area contributed by atoms with Gasteiger partial charge in [-0.3, -0.25) is 0 Å². The Labute approximate surface area is 199 Å². The number of halogens is 1. The average molecular weight is 455 g/mol. The number of pyridine rings is 1. The molecular formula is C28H27ClN4. The Kier molecular flexibility index (Phi) is 6.54. The first kappa shape index (κ1) is 21.5. The van der Waals surface area contributed by atoms with E-state index in [9.17, 15) is 0 Å². The van der Waals surface area contributed by atoms with Gasteiger partial charge in [0.15, 0.2) is 5.82 Å². The minimum atomic E-state index is 0.678. The molecule has 0 unspecified atom stereocenters. The highest BCUT2D eigenvalue weighted by Gasteiger charge is 2.19. The summed E-state index contributed by atoms with van der Waals surface area (Å²) in [6.45, 7) is 1.52. The Bertz CT molecular complexity index is 1290. The number of H-pyrrole nitrogens is 1. The number of anilines is 1. The quantitative estimate of drug-likeness (QED) is 0.195. The lowest BCUT2D eigenvalue weighted by molar-refractivity contribution is 0.767. The van der Waals surface area contributed by atoms with Crippen LogP contribution in [0.15, 0.2) is 84.9 Å². The van der Waals surface area contributed by atoms with Crippen LogP contribution in [0.1, 0.15) is 29.8 Å². The van der Waals surface area contributed by atoms with Gasteiger partial charge in [0.2, 0.25) is 0 Å². The molecule has 0 bridgehead atoms. The minimum absolute atomic E-state index is 0.678. The number of aromatic nitrogens is 3. The number of para-hydroxylation sites is 1. The highest BCUT2D eigenvalue weighted by molar-refractivity contribution is 6.17. The summed E-state index contributed by atoms with van der Waals surface area (Å²) in [5.41, 5.74) is 5.45. The first-order valence-corrected chi connectivity index (χ1v) is 12.0. The third-order valence-electron chi connectivity index (χ3n) is 5.89. The molecule has 0 fully saturated rings. The van der Waals surface area contributed by atoms with Crippen LogP contribution in [0.5, 0.6) is 0 Å². The molecule has 0 atom stereocenters. The Morgan fingerprint density at radius 2 is 1.36 bits per heavy atom. The maximum absolute atomic E-state index is 5.90. The zero-order valence-electron chi connectivity index (χ0n) is 18.5. The van der Waals surface area contributed by atoms with Gasteiger partial charge >= 0.3 is 0 Å². The van der Waals surface area contributed by atoms with Crippen molar-refractivity contribution in [3.05, 3.63) is 102 Å².